The molecule has 0 aromatic heterocycles. The fraction of sp³-hybridized carbons (Fsp3) is 1.00. The standard InChI is InChI=1S/C16H30O2Si/c1-3-5-17-19(18-6-4-2)16-10-13-7-14(11-16)9-15(8-13)12-16/h13-15,19H,3-12H2,1-2H3. The Labute approximate surface area is 120 Å². The van der Waals surface area contributed by atoms with Crippen LogP contribution in [0.1, 0.15) is 65.2 Å². The Kier molecular flexibility index (Phi) is 4.35. The molecule has 0 atom stereocenters. The van der Waals surface area contributed by atoms with Gasteiger partial charge in [-0.05, 0) is 69.1 Å². The van der Waals surface area contributed by atoms with Gasteiger partial charge in [0.15, 0.2) is 0 Å². The van der Waals surface area contributed by atoms with Gasteiger partial charge in [-0.2, -0.15) is 0 Å². The molecule has 0 aliphatic heterocycles. The maximum Gasteiger partial charge on any atom is 0.327 e. The van der Waals surface area contributed by atoms with E-state index < -0.39 is 9.28 Å². The molecule has 0 heterocycles. The summed E-state index contributed by atoms with van der Waals surface area (Å²) in [6.07, 6.45) is 11.1. The Hall–Kier alpha value is 0.137. The predicted molar refractivity (Wildman–Crippen MR) is 80.5 cm³/mol. The van der Waals surface area contributed by atoms with Crippen LogP contribution >= 0.6 is 0 Å². The van der Waals surface area contributed by atoms with Crippen molar-refractivity contribution in [1.82, 2.24) is 0 Å². The molecule has 2 nitrogen and oxygen atoms in total. The molecule has 0 unspecified atom stereocenters. The lowest BCUT2D eigenvalue weighted by molar-refractivity contribution is 0.00377. The normalized spacial score (nSPS) is 40.3. The zero-order valence-corrected chi connectivity index (χ0v) is 13.9. The van der Waals surface area contributed by atoms with Crippen molar-refractivity contribution in [2.75, 3.05) is 13.2 Å². The van der Waals surface area contributed by atoms with E-state index in [1.807, 2.05) is 0 Å². The fourth-order valence-electron chi connectivity index (χ4n) is 5.32. The zero-order valence-electron chi connectivity index (χ0n) is 12.7. The Bertz CT molecular complexity index is 262. The zero-order chi connectivity index (χ0) is 13.3. The van der Waals surface area contributed by atoms with Crippen molar-refractivity contribution in [3.8, 4) is 0 Å². The molecular weight excluding hydrogens is 252 g/mol. The lowest BCUT2D eigenvalue weighted by Crippen LogP contribution is -2.51. The highest BCUT2D eigenvalue weighted by Gasteiger charge is 2.56. The molecule has 0 N–H and O–H groups in total. The van der Waals surface area contributed by atoms with E-state index in [4.69, 9.17) is 8.85 Å². The van der Waals surface area contributed by atoms with Gasteiger partial charge in [0, 0.05) is 18.3 Å². The van der Waals surface area contributed by atoms with E-state index in [1.165, 1.54) is 38.5 Å². The van der Waals surface area contributed by atoms with Crippen molar-refractivity contribution in [3.63, 3.8) is 0 Å². The first kappa shape index (κ1) is 14.1. The third kappa shape index (κ3) is 2.79. The average Bonchev–Trinajstić information content (AvgIpc) is 2.37. The number of hydrogen-bond acceptors (Lipinski definition) is 2. The minimum atomic E-state index is -1.48. The van der Waals surface area contributed by atoms with E-state index in [2.05, 4.69) is 13.8 Å². The van der Waals surface area contributed by atoms with Gasteiger partial charge in [-0.3, -0.25) is 0 Å². The largest absolute Gasteiger partial charge is 0.396 e. The SMILES string of the molecule is CCCO[SiH](OCCC)C12CC3CC(CC(C3)C1)C2. The van der Waals surface area contributed by atoms with Crippen LogP contribution in [0.3, 0.4) is 0 Å². The van der Waals surface area contributed by atoms with Crippen molar-refractivity contribution in [2.45, 2.75) is 70.3 Å². The van der Waals surface area contributed by atoms with Crippen molar-refractivity contribution in [3.05, 3.63) is 0 Å². The van der Waals surface area contributed by atoms with Crippen LogP contribution in [-0.4, -0.2) is 22.5 Å². The summed E-state index contributed by atoms with van der Waals surface area (Å²) in [7, 11) is -1.48. The molecule has 4 aliphatic rings. The van der Waals surface area contributed by atoms with Gasteiger partial charge < -0.3 is 8.85 Å². The number of hydrogen-bond donors (Lipinski definition) is 0. The molecule has 4 rings (SSSR count). The lowest BCUT2D eigenvalue weighted by Gasteiger charge is -2.58. The first-order valence-corrected chi connectivity index (χ1v) is 10.0. The molecular formula is C16H30O2Si. The fourth-order valence-corrected chi connectivity index (χ4v) is 8.60. The summed E-state index contributed by atoms with van der Waals surface area (Å²) >= 11 is 0. The summed E-state index contributed by atoms with van der Waals surface area (Å²) in [6.45, 7) is 6.26. The molecule has 4 bridgehead atoms. The summed E-state index contributed by atoms with van der Waals surface area (Å²) in [4.78, 5) is 0. The second-order valence-corrected chi connectivity index (χ2v) is 9.91. The van der Waals surface area contributed by atoms with Gasteiger partial charge in [0.2, 0.25) is 0 Å². The van der Waals surface area contributed by atoms with Crippen LogP contribution in [0.4, 0.5) is 0 Å². The van der Waals surface area contributed by atoms with Gasteiger partial charge in [-0.15, -0.1) is 0 Å². The van der Waals surface area contributed by atoms with E-state index in [9.17, 15) is 0 Å². The third-order valence-electron chi connectivity index (χ3n) is 5.53. The first-order chi connectivity index (χ1) is 9.25. The van der Waals surface area contributed by atoms with Crippen LogP contribution in [0.15, 0.2) is 0 Å². The van der Waals surface area contributed by atoms with Gasteiger partial charge in [0.1, 0.15) is 0 Å². The van der Waals surface area contributed by atoms with Crippen LogP contribution in [0.5, 0.6) is 0 Å². The van der Waals surface area contributed by atoms with Crippen LogP contribution in [0.25, 0.3) is 0 Å². The second kappa shape index (κ2) is 5.86. The molecule has 3 heteroatoms. The molecule has 0 radical (unpaired) electrons. The van der Waals surface area contributed by atoms with E-state index in [0.29, 0.717) is 5.04 Å². The lowest BCUT2D eigenvalue weighted by atomic mass is 9.56. The van der Waals surface area contributed by atoms with Crippen molar-refractivity contribution in [2.24, 2.45) is 17.8 Å². The van der Waals surface area contributed by atoms with E-state index in [1.54, 1.807) is 0 Å². The second-order valence-electron chi connectivity index (χ2n) is 7.35. The van der Waals surface area contributed by atoms with Gasteiger partial charge in [-0.1, -0.05) is 13.8 Å². The van der Waals surface area contributed by atoms with Crippen molar-refractivity contribution < 1.29 is 8.85 Å². The smallest absolute Gasteiger partial charge is 0.327 e. The molecule has 19 heavy (non-hydrogen) atoms. The maximum atomic E-state index is 6.29. The predicted octanol–water partition coefficient (Wildman–Crippen LogP) is 4.03. The Balaban J connectivity index is 1.72. The summed E-state index contributed by atoms with van der Waals surface area (Å²) in [5.41, 5.74) is 0. The molecule has 4 fully saturated rings. The number of rotatable bonds is 7. The highest BCUT2D eigenvalue weighted by Crippen LogP contribution is 2.65. The Morgan fingerprint density at radius 1 is 0.842 bits per heavy atom. The minimum absolute atomic E-state index is 0.513. The maximum absolute atomic E-state index is 6.29. The molecule has 0 spiro atoms. The molecule has 0 amide bonds. The van der Waals surface area contributed by atoms with Crippen LogP contribution in [-0.2, 0) is 8.85 Å². The molecule has 110 valence electrons. The van der Waals surface area contributed by atoms with Gasteiger partial charge in [0.05, 0.1) is 0 Å². The minimum Gasteiger partial charge on any atom is -0.396 e. The highest BCUT2D eigenvalue weighted by molar-refractivity contribution is 6.48. The summed E-state index contributed by atoms with van der Waals surface area (Å²) in [6, 6.07) is 0. The quantitative estimate of drug-likeness (QED) is 0.656. The highest BCUT2D eigenvalue weighted by atomic mass is 28.3. The van der Waals surface area contributed by atoms with Crippen LogP contribution in [0.2, 0.25) is 5.04 Å². The summed E-state index contributed by atoms with van der Waals surface area (Å²) in [5, 5.41) is 0.513. The van der Waals surface area contributed by atoms with Crippen LogP contribution < -0.4 is 0 Å². The molecule has 4 aliphatic carbocycles. The van der Waals surface area contributed by atoms with Gasteiger partial charge >= 0.3 is 9.28 Å². The van der Waals surface area contributed by atoms with E-state index in [0.717, 1.165) is 43.8 Å². The summed E-state index contributed by atoms with van der Waals surface area (Å²) in [5.74, 6) is 3.03. The molecule has 0 aromatic carbocycles. The third-order valence-corrected chi connectivity index (χ3v) is 8.32. The Morgan fingerprint density at radius 3 is 1.63 bits per heavy atom. The van der Waals surface area contributed by atoms with Crippen molar-refractivity contribution >= 4 is 9.28 Å². The van der Waals surface area contributed by atoms with Crippen LogP contribution in [0, 0.1) is 17.8 Å². The Morgan fingerprint density at radius 2 is 1.26 bits per heavy atom. The van der Waals surface area contributed by atoms with Crippen molar-refractivity contribution in [1.29, 1.82) is 0 Å². The first-order valence-electron chi connectivity index (χ1n) is 8.49. The average molecular weight is 282 g/mol. The van der Waals surface area contributed by atoms with Gasteiger partial charge in [-0.25, -0.2) is 0 Å². The monoisotopic (exact) mass is 282 g/mol. The van der Waals surface area contributed by atoms with E-state index in [-0.39, 0.29) is 0 Å². The summed E-state index contributed by atoms with van der Waals surface area (Å²) < 4.78 is 12.6. The molecule has 0 saturated heterocycles. The van der Waals surface area contributed by atoms with E-state index >= 15 is 0 Å². The molecule has 4 saturated carbocycles. The van der Waals surface area contributed by atoms with Gasteiger partial charge in [0.25, 0.3) is 0 Å². The molecule has 0 aromatic rings. The topological polar surface area (TPSA) is 18.5 Å².